The van der Waals surface area contributed by atoms with Gasteiger partial charge in [0, 0.05) is 26.6 Å². The van der Waals surface area contributed by atoms with Gasteiger partial charge in [0.1, 0.15) is 0 Å². The van der Waals surface area contributed by atoms with Crippen molar-refractivity contribution in [2.24, 2.45) is 11.7 Å². The first kappa shape index (κ1) is 11.9. The van der Waals surface area contributed by atoms with Crippen LogP contribution >= 0.6 is 0 Å². The van der Waals surface area contributed by atoms with Crippen molar-refractivity contribution < 1.29 is 9.15 Å². The fourth-order valence-corrected chi connectivity index (χ4v) is 1.15. The summed E-state index contributed by atoms with van der Waals surface area (Å²) >= 11 is 0. The maximum absolute atomic E-state index is 5.37. The van der Waals surface area contributed by atoms with Crippen molar-refractivity contribution in [1.29, 1.82) is 0 Å². The molecule has 0 aromatic carbocycles. The van der Waals surface area contributed by atoms with Crippen molar-refractivity contribution in [2.75, 3.05) is 32.1 Å². The highest BCUT2D eigenvalue weighted by molar-refractivity contribution is 5.16. The minimum absolute atomic E-state index is 0.403. The lowest BCUT2D eigenvalue weighted by Crippen LogP contribution is -2.15. The van der Waals surface area contributed by atoms with Gasteiger partial charge in [0.25, 0.3) is 0 Å². The molecule has 6 heteroatoms. The number of hydrogen-bond donors (Lipinski definition) is 2. The Labute approximate surface area is 89.2 Å². The molecule has 86 valence electrons. The van der Waals surface area contributed by atoms with Gasteiger partial charge in [0.15, 0.2) is 0 Å². The molecule has 0 radical (unpaired) electrons. The van der Waals surface area contributed by atoms with E-state index in [1.165, 1.54) is 0 Å². The molecule has 0 aliphatic carbocycles. The topological polar surface area (TPSA) is 86.2 Å². The van der Waals surface area contributed by atoms with Crippen LogP contribution in [-0.2, 0) is 11.2 Å². The van der Waals surface area contributed by atoms with Gasteiger partial charge in [-0.1, -0.05) is 12.0 Å². The van der Waals surface area contributed by atoms with E-state index in [1.807, 2.05) is 0 Å². The van der Waals surface area contributed by atoms with Gasteiger partial charge in [-0.2, -0.15) is 0 Å². The minimum atomic E-state index is 0.403. The molecule has 15 heavy (non-hydrogen) atoms. The lowest BCUT2D eigenvalue weighted by molar-refractivity contribution is 0.164. The van der Waals surface area contributed by atoms with Gasteiger partial charge in [0.2, 0.25) is 5.89 Å². The van der Waals surface area contributed by atoms with Crippen LogP contribution < -0.4 is 11.1 Å². The van der Waals surface area contributed by atoms with Crippen molar-refractivity contribution in [2.45, 2.75) is 13.3 Å². The zero-order valence-corrected chi connectivity index (χ0v) is 9.19. The Bertz CT molecular complexity index is 277. The van der Waals surface area contributed by atoms with E-state index < -0.39 is 0 Å². The number of aromatic nitrogens is 2. The number of nitrogens with two attached hydrogens (primary N) is 1. The molecule has 0 saturated heterocycles. The predicted octanol–water partition coefficient (Wildman–Crippen LogP) is 0.265. The first-order chi connectivity index (χ1) is 7.26. The smallest absolute Gasteiger partial charge is 0.315 e. The van der Waals surface area contributed by atoms with Gasteiger partial charge in [0.05, 0.1) is 6.61 Å². The first-order valence-corrected chi connectivity index (χ1v) is 5.01. The molecule has 0 fully saturated rings. The number of ether oxygens (including phenoxy) is 1. The third-order valence-electron chi connectivity index (χ3n) is 1.88. The third kappa shape index (κ3) is 4.26. The molecule has 1 aromatic heterocycles. The average molecular weight is 214 g/mol. The molecule has 1 heterocycles. The molecule has 0 spiro atoms. The molecule has 1 unspecified atom stereocenters. The maximum Gasteiger partial charge on any atom is 0.315 e. The van der Waals surface area contributed by atoms with E-state index in [9.17, 15) is 0 Å². The van der Waals surface area contributed by atoms with Crippen LogP contribution in [0, 0.1) is 5.92 Å². The number of rotatable bonds is 7. The summed E-state index contributed by atoms with van der Waals surface area (Å²) in [4.78, 5) is 0. The summed E-state index contributed by atoms with van der Waals surface area (Å²) in [6, 6.07) is 0.446. The van der Waals surface area contributed by atoms with Crippen LogP contribution in [0.25, 0.3) is 0 Å². The zero-order chi connectivity index (χ0) is 11.1. The Morgan fingerprint density at radius 1 is 1.53 bits per heavy atom. The van der Waals surface area contributed by atoms with Crippen molar-refractivity contribution in [3.63, 3.8) is 0 Å². The molecule has 0 amide bonds. The molecule has 1 aromatic rings. The van der Waals surface area contributed by atoms with Crippen molar-refractivity contribution in [3.05, 3.63) is 5.89 Å². The van der Waals surface area contributed by atoms with Crippen LogP contribution in [0.15, 0.2) is 4.42 Å². The predicted molar refractivity (Wildman–Crippen MR) is 56.6 cm³/mol. The fraction of sp³-hybridized carbons (Fsp3) is 0.778. The van der Waals surface area contributed by atoms with Crippen LogP contribution in [0.3, 0.4) is 0 Å². The molecule has 1 atom stereocenters. The minimum Gasteiger partial charge on any atom is -0.408 e. The van der Waals surface area contributed by atoms with Crippen molar-refractivity contribution >= 4 is 6.01 Å². The second-order valence-electron chi connectivity index (χ2n) is 3.48. The van der Waals surface area contributed by atoms with E-state index in [1.54, 1.807) is 7.11 Å². The van der Waals surface area contributed by atoms with E-state index in [4.69, 9.17) is 14.9 Å². The van der Waals surface area contributed by atoms with Crippen molar-refractivity contribution in [3.8, 4) is 0 Å². The van der Waals surface area contributed by atoms with Gasteiger partial charge in [-0.05, 0) is 5.92 Å². The average Bonchev–Trinajstić information content (AvgIpc) is 2.64. The number of anilines is 1. The Morgan fingerprint density at radius 2 is 2.33 bits per heavy atom. The summed E-state index contributed by atoms with van der Waals surface area (Å²) in [7, 11) is 1.68. The molecular formula is C9H18N4O2. The van der Waals surface area contributed by atoms with E-state index in [-0.39, 0.29) is 0 Å². The van der Waals surface area contributed by atoms with Crippen LogP contribution in [0.1, 0.15) is 12.8 Å². The molecular weight excluding hydrogens is 196 g/mol. The highest BCUT2D eigenvalue weighted by Gasteiger charge is 2.06. The lowest BCUT2D eigenvalue weighted by atomic mass is 10.2. The van der Waals surface area contributed by atoms with E-state index in [0.717, 1.165) is 6.54 Å². The van der Waals surface area contributed by atoms with E-state index in [0.29, 0.717) is 37.4 Å². The number of nitrogens with one attached hydrogen (secondary N) is 1. The molecule has 6 nitrogen and oxygen atoms in total. The third-order valence-corrected chi connectivity index (χ3v) is 1.88. The quantitative estimate of drug-likeness (QED) is 0.677. The lowest BCUT2D eigenvalue weighted by Gasteiger charge is -2.09. The molecule has 0 aliphatic rings. The van der Waals surface area contributed by atoms with Crippen LogP contribution in [-0.4, -0.2) is 37.0 Å². The van der Waals surface area contributed by atoms with Gasteiger partial charge in [-0.15, -0.1) is 5.10 Å². The standard InChI is InChI=1S/C9H18N4O2/c1-7(6-14-2)5-11-9-13-12-8(15-9)3-4-10/h7H,3-6,10H2,1-2H3,(H,11,13). The van der Waals surface area contributed by atoms with E-state index >= 15 is 0 Å². The highest BCUT2D eigenvalue weighted by Crippen LogP contribution is 2.06. The molecule has 0 bridgehead atoms. The van der Waals surface area contributed by atoms with Crippen molar-refractivity contribution in [1.82, 2.24) is 10.2 Å². The Kier molecular flexibility index (Phi) is 5.06. The summed E-state index contributed by atoms with van der Waals surface area (Å²) in [5.74, 6) is 0.972. The van der Waals surface area contributed by atoms with Gasteiger partial charge in [-0.25, -0.2) is 0 Å². The summed E-state index contributed by atoms with van der Waals surface area (Å²) < 4.78 is 10.3. The highest BCUT2D eigenvalue weighted by atomic mass is 16.5. The second kappa shape index (κ2) is 6.36. The summed E-state index contributed by atoms with van der Waals surface area (Å²) in [6.07, 6.45) is 0.613. The Morgan fingerprint density at radius 3 is 3.00 bits per heavy atom. The van der Waals surface area contributed by atoms with Crippen LogP contribution in [0.2, 0.25) is 0 Å². The number of nitrogens with zero attached hydrogens (tertiary/aromatic N) is 2. The van der Waals surface area contributed by atoms with Gasteiger partial charge in [-0.3, -0.25) is 0 Å². The molecule has 0 saturated carbocycles. The largest absolute Gasteiger partial charge is 0.408 e. The summed E-state index contributed by atoms with van der Waals surface area (Å²) in [6.45, 7) is 4.05. The Hall–Kier alpha value is -1.14. The normalized spacial score (nSPS) is 12.7. The second-order valence-corrected chi connectivity index (χ2v) is 3.48. The monoisotopic (exact) mass is 214 g/mol. The SMILES string of the molecule is COCC(C)CNc1nnc(CCN)o1. The summed E-state index contributed by atoms with van der Waals surface area (Å²) in [5.41, 5.74) is 5.37. The van der Waals surface area contributed by atoms with Crippen LogP contribution in [0.4, 0.5) is 6.01 Å². The maximum atomic E-state index is 5.37. The first-order valence-electron chi connectivity index (χ1n) is 5.01. The number of methoxy groups -OCH3 is 1. The van der Waals surface area contributed by atoms with E-state index in [2.05, 4.69) is 22.4 Å². The fourth-order valence-electron chi connectivity index (χ4n) is 1.15. The van der Waals surface area contributed by atoms with Gasteiger partial charge >= 0.3 is 6.01 Å². The van der Waals surface area contributed by atoms with Crippen LogP contribution in [0.5, 0.6) is 0 Å². The summed E-state index contributed by atoms with van der Waals surface area (Å²) in [5, 5.41) is 10.7. The van der Waals surface area contributed by atoms with Gasteiger partial charge < -0.3 is 20.2 Å². The Balaban J connectivity index is 2.30. The zero-order valence-electron chi connectivity index (χ0n) is 9.19. The number of hydrogen-bond acceptors (Lipinski definition) is 6. The molecule has 0 aliphatic heterocycles. The molecule has 1 rings (SSSR count). The molecule has 3 N–H and O–H groups in total.